The highest BCUT2D eigenvalue weighted by Gasteiger charge is 2.55. The second-order valence-electron chi connectivity index (χ2n) is 6.08. The molecule has 4 heteroatoms. The largest absolute Gasteiger partial charge is 0.343 e. The zero-order chi connectivity index (χ0) is 12.8. The van der Waals surface area contributed by atoms with Crippen molar-refractivity contribution in [2.24, 2.45) is 0 Å². The normalized spacial score (nSPS) is 32.3. The Morgan fingerprint density at radius 2 is 1.72 bits per heavy atom. The van der Waals surface area contributed by atoms with E-state index >= 15 is 0 Å². The molecule has 0 aromatic carbocycles. The van der Waals surface area contributed by atoms with E-state index in [-0.39, 0.29) is 17.9 Å². The summed E-state index contributed by atoms with van der Waals surface area (Å²) < 4.78 is 0. The second-order valence-corrected chi connectivity index (χ2v) is 6.08. The Kier molecular flexibility index (Phi) is 2.83. The van der Waals surface area contributed by atoms with Crippen molar-refractivity contribution in [2.45, 2.75) is 75.9 Å². The number of hydrogen-bond donors (Lipinski definition) is 1. The fourth-order valence-electron chi connectivity index (χ4n) is 4.04. The molecule has 0 bridgehead atoms. The van der Waals surface area contributed by atoms with Crippen LogP contribution in [0, 0.1) is 0 Å². The van der Waals surface area contributed by atoms with Crippen LogP contribution in [-0.4, -0.2) is 34.3 Å². The number of hydrogen-bond acceptors (Lipinski definition) is 2. The Balaban J connectivity index is 1.96. The van der Waals surface area contributed by atoms with E-state index in [0.717, 1.165) is 38.5 Å². The van der Waals surface area contributed by atoms with Gasteiger partial charge in [0.2, 0.25) is 11.8 Å². The summed E-state index contributed by atoms with van der Waals surface area (Å²) in [6.07, 6.45) is 8.39. The zero-order valence-electron chi connectivity index (χ0n) is 11.1. The maximum absolute atomic E-state index is 12.5. The Labute approximate surface area is 108 Å². The Bertz CT molecular complexity index is 368. The van der Waals surface area contributed by atoms with E-state index in [1.54, 1.807) is 0 Å². The molecule has 1 atom stereocenters. The topological polar surface area (TPSA) is 49.4 Å². The predicted octanol–water partition coefficient (Wildman–Crippen LogP) is 1.59. The number of carbonyl (C=O) groups is 2. The molecule has 1 spiro atoms. The van der Waals surface area contributed by atoms with E-state index in [4.69, 9.17) is 0 Å². The molecule has 3 fully saturated rings. The van der Waals surface area contributed by atoms with Crippen LogP contribution in [0.4, 0.5) is 0 Å². The van der Waals surface area contributed by atoms with E-state index in [2.05, 4.69) is 5.32 Å². The molecule has 18 heavy (non-hydrogen) atoms. The molecule has 1 N–H and O–H groups in total. The molecule has 100 valence electrons. The average molecular weight is 250 g/mol. The van der Waals surface area contributed by atoms with Gasteiger partial charge in [0.15, 0.2) is 0 Å². The first-order valence-electron chi connectivity index (χ1n) is 7.29. The Morgan fingerprint density at radius 3 is 2.33 bits per heavy atom. The van der Waals surface area contributed by atoms with Crippen LogP contribution in [0.1, 0.15) is 58.3 Å². The monoisotopic (exact) mass is 250 g/mol. The highest BCUT2D eigenvalue weighted by atomic mass is 16.2. The molecule has 1 aliphatic heterocycles. The van der Waals surface area contributed by atoms with Crippen LogP contribution < -0.4 is 5.32 Å². The van der Waals surface area contributed by atoms with Crippen molar-refractivity contribution in [3.63, 3.8) is 0 Å². The molecule has 3 rings (SSSR count). The molecule has 0 radical (unpaired) electrons. The van der Waals surface area contributed by atoms with Crippen LogP contribution in [0.2, 0.25) is 0 Å². The highest BCUT2D eigenvalue weighted by Crippen LogP contribution is 2.42. The highest BCUT2D eigenvalue weighted by molar-refractivity contribution is 6.00. The van der Waals surface area contributed by atoms with Gasteiger partial charge in [-0.3, -0.25) is 9.59 Å². The Morgan fingerprint density at radius 1 is 1.11 bits per heavy atom. The molecule has 1 saturated heterocycles. The third kappa shape index (κ3) is 1.57. The second kappa shape index (κ2) is 4.25. The summed E-state index contributed by atoms with van der Waals surface area (Å²) in [6, 6.07) is -0.0339. The molecule has 3 aliphatic rings. The van der Waals surface area contributed by atoms with Crippen LogP contribution in [0.25, 0.3) is 0 Å². The Hall–Kier alpha value is -1.06. The summed E-state index contributed by atoms with van der Waals surface area (Å²) in [5, 5.41) is 2.89. The van der Waals surface area contributed by atoms with Crippen molar-refractivity contribution >= 4 is 11.8 Å². The molecule has 2 aliphatic carbocycles. The zero-order valence-corrected chi connectivity index (χ0v) is 11.1. The number of nitrogens with zero attached hydrogens (tertiary/aromatic N) is 1. The van der Waals surface area contributed by atoms with Gasteiger partial charge in [-0.1, -0.05) is 25.7 Å². The van der Waals surface area contributed by atoms with Gasteiger partial charge < -0.3 is 10.2 Å². The fourth-order valence-corrected chi connectivity index (χ4v) is 4.04. The molecule has 0 aromatic rings. The van der Waals surface area contributed by atoms with Gasteiger partial charge in [0.05, 0.1) is 0 Å². The number of nitrogens with one attached hydrogen (secondary N) is 1. The van der Waals surface area contributed by atoms with Gasteiger partial charge in [-0.25, -0.2) is 0 Å². The third-order valence-corrected chi connectivity index (χ3v) is 4.96. The summed E-state index contributed by atoms with van der Waals surface area (Å²) in [7, 11) is 0. The molecule has 1 heterocycles. The molecule has 1 unspecified atom stereocenters. The number of carbonyl (C=O) groups excluding carboxylic acids is 2. The standard InChI is InChI=1S/C14H22N2O2/c1-10-12(17)16(11-6-2-3-7-11)14(13(18)15-10)8-4-5-9-14/h10-11H,2-9H2,1H3,(H,15,18). The van der Waals surface area contributed by atoms with Crippen LogP contribution in [0.3, 0.4) is 0 Å². The van der Waals surface area contributed by atoms with Gasteiger partial charge in [0.1, 0.15) is 11.6 Å². The minimum absolute atomic E-state index is 0.0963. The lowest BCUT2D eigenvalue weighted by molar-refractivity contribution is -0.160. The summed E-state index contributed by atoms with van der Waals surface area (Å²) in [4.78, 5) is 27.0. The van der Waals surface area contributed by atoms with Gasteiger partial charge in [-0.05, 0) is 32.6 Å². The van der Waals surface area contributed by atoms with Gasteiger partial charge in [0.25, 0.3) is 0 Å². The van der Waals surface area contributed by atoms with E-state index in [9.17, 15) is 9.59 Å². The number of amides is 2. The summed E-state index contributed by atoms with van der Waals surface area (Å²) in [6.45, 7) is 1.81. The van der Waals surface area contributed by atoms with Crippen molar-refractivity contribution in [1.29, 1.82) is 0 Å². The first kappa shape index (κ1) is 12.0. The first-order chi connectivity index (χ1) is 8.65. The summed E-state index contributed by atoms with van der Waals surface area (Å²) in [5.41, 5.74) is -0.501. The maximum atomic E-state index is 12.5. The fraction of sp³-hybridized carbons (Fsp3) is 0.857. The SMILES string of the molecule is CC1NC(=O)C2(CCCC2)N(C2CCCC2)C1=O. The maximum Gasteiger partial charge on any atom is 0.246 e. The minimum Gasteiger partial charge on any atom is -0.343 e. The van der Waals surface area contributed by atoms with Crippen LogP contribution in [0.15, 0.2) is 0 Å². The molecule has 4 nitrogen and oxygen atoms in total. The van der Waals surface area contributed by atoms with E-state index in [1.165, 1.54) is 12.8 Å². The van der Waals surface area contributed by atoms with Crippen LogP contribution in [0.5, 0.6) is 0 Å². The molecule has 0 aromatic heterocycles. The van der Waals surface area contributed by atoms with Gasteiger partial charge >= 0.3 is 0 Å². The van der Waals surface area contributed by atoms with Crippen molar-refractivity contribution in [2.75, 3.05) is 0 Å². The van der Waals surface area contributed by atoms with Crippen molar-refractivity contribution in [3.05, 3.63) is 0 Å². The quantitative estimate of drug-likeness (QED) is 0.768. The predicted molar refractivity (Wildman–Crippen MR) is 67.9 cm³/mol. The van der Waals surface area contributed by atoms with E-state index in [0.29, 0.717) is 6.04 Å². The lowest BCUT2D eigenvalue weighted by atomic mass is 9.87. The van der Waals surface area contributed by atoms with Crippen LogP contribution in [-0.2, 0) is 9.59 Å². The van der Waals surface area contributed by atoms with Gasteiger partial charge in [-0.15, -0.1) is 0 Å². The van der Waals surface area contributed by atoms with Crippen LogP contribution >= 0.6 is 0 Å². The first-order valence-corrected chi connectivity index (χ1v) is 7.29. The van der Waals surface area contributed by atoms with Gasteiger partial charge in [0, 0.05) is 6.04 Å². The van der Waals surface area contributed by atoms with Crippen molar-refractivity contribution in [1.82, 2.24) is 10.2 Å². The summed E-state index contributed by atoms with van der Waals surface area (Å²) >= 11 is 0. The smallest absolute Gasteiger partial charge is 0.246 e. The van der Waals surface area contributed by atoms with Gasteiger partial charge in [-0.2, -0.15) is 0 Å². The number of rotatable bonds is 1. The van der Waals surface area contributed by atoms with E-state index < -0.39 is 5.54 Å². The lowest BCUT2D eigenvalue weighted by Gasteiger charge is -2.48. The molecule has 2 saturated carbocycles. The molecular weight excluding hydrogens is 228 g/mol. The average Bonchev–Trinajstić information content (AvgIpc) is 2.99. The van der Waals surface area contributed by atoms with Crippen molar-refractivity contribution < 1.29 is 9.59 Å². The van der Waals surface area contributed by atoms with Crippen molar-refractivity contribution in [3.8, 4) is 0 Å². The molecule has 2 amide bonds. The summed E-state index contributed by atoms with van der Waals surface area (Å²) in [5.74, 6) is 0.238. The van der Waals surface area contributed by atoms with E-state index in [1.807, 2.05) is 11.8 Å². The molecular formula is C14H22N2O2. The lowest BCUT2D eigenvalue weighted by Crippen LogP contribution is -2.71. The number of piperazine rings is 1. The minimum atomic E-state index is -0.501. The third-order valence-electron chi connectivity index (χ3n) is 4.96.